The SMILES string of the molecule is NC1=NN=C(C2CC2)/C1=N\Nc1ccccc1. The van der Waals surface area contributed by atoms with E-state index < -0.39 is 0 Å². The molecule has 0 bridgehead atoms. The Balaban J connectivity index is 1.78. The zero-order valence-corrected chi connectivity index (χ0v) is 9.30. The third-order valence-corrected chi connectivity index (χ3v) is 2.79. The van der Waals surface area contributed by atoms with Crippen LogP contribution in [0.1, 0.15) is 12.8 Å². The van der Waals surface area contributed by atoms with Crippen LogP contribution in [0.15, 0.2) is 45.6 Å². The predicted molar refractivity (Wildman–Crippen MR) is 69.3 cm³/mol. The van der Waals surface area contributed by atoms with Crippen molar-refractivity contribution in [3.05, 3.63) is 30.3 Å². The molecule has 17 heavy (non-hydrogen) atoms. The molecule has 3 N–H and O–H groups in total. The molecule has 5 nitrogen and oxygen atoms in total. The summed E-state index contributed by atoms with van der Waals surface area (Å²) in [6.45, 7) is 0. The Hall–Kier alpha value is -2.17. The number of nitrogens with one attached hydrogen (secondary N) is 1. The van der Waals surface area contributed by atoms with E-state index in [1.165, 1.54) is 0 Å². The molecule has 1 fully saturated rings. The third kappa shape index (κ3) is 2.04. The van der Waals surface area contributed by atoms with Crippen LogP contribution in [0.5, 0.6) is 0 Å². The standard InChI is InChI=1S/C12H13N5/c13-12-11(10(15-17-12)8-6-7-8)16-14-9-4-2-1-3-5-9/h1-5,8,14H,6-7H2,(H2,13,16,17). The minimum absolute atomic E-state index is 0.398. The van der Waals surface area contributed by atoms with Crippen LogP contribution in [0.4, 0.5) is 5.69 Å². The average molecular weight is 227 g/mol. The molecule has 0 spiro atoms. The summed E-state index contributed by atoms with van der Waals surface area (Å²) in [7, 11) is 0. The molecular formula is C12H13N5. The summed E-state index contributed by atoms with van der Waals surface area (Å²) in [5.74, 6) is 0.895. The highest BCUT2D eigenvalue weighted by Crippen LogP contribution is 2.32. The van der Waals surface area contributed by atoms with E-state index in [2.05, 4.69) is 20.7 Å². The first-order chi connectivity index (χ1) is 8.34. The van der Waals surface area contributed by atoms with Crippen molar-refractivity contribution in [3.63, 3.8) is 0 Å². The summed E-state index contributed by atoms with van der Waals surface area (Å²) < 4.78 is 0. The maximum Gasteiger partial charge on any atom is 0.175 e. The zero-order valence-electron chi connectivity index (χ0n) is 9.30. The topological polar surface area (TPSA) is 75.1 Å². The first-order valence-corrected chi connectivity index (χ1v) is 5.65. The summed E-state index contributed by atoms with van der Waals surface area (Å²) in [5.41, 5.74) is 11.3. The Morgan fingerprint density at radius 2 is 1.94 bits per heavy atom. The average Bonchev–Trinajstić information content (AvgIpc) is 3.13. The van der Waals surface area contributed by atoms with Crippen molar-refractivity contribution in [1.29, 1.82) is 0 Å². The van der Waals surface area contributed by atoms with Crippen LogP contribution < -0.4 is 11.2 Å². The van der Waals surface area contributed by atoms with Gasteiger partial charge in [-0.05, 0) is 25.0 Å². The van der Waals surface area contributed by atoms with E-state index in [0.29, 0.717) is 17.5 Å². The lowest BCUT2D eigenvalue weighted by atomic mass is 10.1. The molecule has 1 saturated carbocycles. The summed E-state index contributed by atoms with van der Waals surface area (Å²) in [6.07, 6.45) is 2.32. The van der Waals surface area contributed by atoms with E-state index in [1.807, 2.05) is 30.3 Å². The van der Waals surface area contributed by atoms with Crippen LogP contribution in [-0.4, -0.2) is 17.3 Å². The fourth-order valence-corrected chi connectivity index (χ4v) is 1.71. The van der Waals surface area contributed by atoms with Gasteiger partial charge in [0.15, 0.2) is 11.5 Å². The van der Waals surface area contributed by atoms with Crippen LogP contribution in [-0.2, 0) is 0 Å². The molecule has 0 aromatic heterocycles. The molecular weight excluding hydrogens is 214 g/mol. The summed E-state index contributed by atoms with van der Waals surface area (Å²) >= 11 is 0. The molecule has 0 saturated heterocycles. The number of hydrogen-bond acceptors (Lipinski definition) is 5. The van der Waals surface area contributed by atoms with E-state index >= 15 is 0 Å². The van der Waals surface area contributed by atoms with E-state index in [-0.39, 0.29) is 0 Å². The Labute approximate surface area is 99.1 Å². The Morgan fingerprint density at radius 3 is 2.65 bits per heavy atom. The van der Waals surface area contributed by atoms with Gasteiger partial charge in [-0.25, -0.2) is 0 Å². The summed E-state index contributed by atoms with van der Waals surface area (Å²) in [5, 5.41) is 12.3. The molecule has 3 rings (SSSR count). The van der Waals surface area contributed by atoms with Gasteiger partial charge in [-0.15, -0.1) is 5.10 Å². The number of amidine groups is 1. The highest BCUT2D eigenvalue weighted by atomic mass is 15.3. The lowest BCUT2D eigenvalue weighted by Crippen LogP contribution is -2.29. The second kappa shape index (κ2) is 4.01. The van der Waals surface area contributed by atoms with Crippen LogP contribution in [0, 0.1) is 5.92 Å². The molecule has 0 unspecified atom stereocenters. The molecule has 1 heterocycles. The number of benzene rings is 1. The van der Waals surface area contributed by atoms with Crippen LogP contribution in [0.25, 0.3) is 0 Å². The maximum atomic E-state index is 5.76. The number of hydrogen-bond donors (Lipinski definition) is 2. The smallest absolute Gasteiger partial charge is 0.175 e. The van der Waals surface area contributed by atoms with Crippen LogP contribution in [0.3, 0.4) is 0 Å². The van der Waals surface area contributed by atoms with E-state index in [4.69, 9.17) is 5.73 Å². The van der Waals surface area contributed by atoms with Crippen molar-refractivity contribution in [2.24, 2.45) is 27.0 Å². The molecule has 0 radical (unpaired) electrons. The first kappa shape index (κ1) is 10.0. The van der Waals surface area contributed by atoms with Gasteiger partial charge in [0, 0.05) is 5.92 Å². The minimum atomic E-state index is 0.398. The normalized spacial score (nSPS) is 21.3. The highest BCUT2D eigenvalue weighted by molar-refractivity contribution is 6.70. The zero-order chi connectivity index (χ0) is 11.7. The third-order valence-electron chi connectivity index (χ3n) is 2.79. The van der Waals surface area contributed by atoms with Gasteiger partial charge in [-0.1, -0.05) is 18.2 Å². The van der Waals surface area contributed by atoms with Crippen molar-refractivity contribution in [2.75, 3.05) is 5.43 Å². The Bertz CT molecular complexity index is 511. The predicted octanol–water partition coefficient (Wildman–Crippen LogP) is 1.59. The number of rotatable bonds is 3. The molecule has 5 heteroatoms. The van der Waals surface area contributed by atoms with Gasteiger partial charge in [0.2, 0.25) is 0 Å². The largest absolute Gasteiger partial charge is 0.380 e. The van der Waals surface area contributed by atoms with Crippen molar-refractivity contribution >= 4 is 22.9 Å². The molecule has 86 valence electrons. The Kier molecular flexibility index (Phi) is 2.36. The van der Waals surface area contributed by atoms with Gasteiger partial charge in [0.25, 0.3) is 0 Å². The molecule has 1 aliphatic heterocycles. The van der Waals surface area contributed by atoms with Crippen molar-refractivity contribution in [3.8, 4) is 0 Å². The van der Waals surface area contributed by atoms with Gasteiger partial charge in [-0.3, -0.25) is 5.43 Å². The second-order valence-corrected chi connectivity index (χ2v) is 4.18. The van der Waals surface area contributed by atoms with Gasteiger partial charge in [0.05, 0.1) is 11.4 Å². The lowest BCUT2D eigenvalue weighted by molar-refractivity contribution is 1.16. The quantitative estimate of drug-likeness (QED) is 0.769. The van der Waals surface area contributed by atoms with Crippen molar-refractivity contribution in [1.82, 2.24) is 0 Å². The van der Waals surface area contributed by atoms with Gasteiger partial charge in [0.1, 0.15) is 0 Å². The molecule has 2 aliphatic rings. The van der Waals surface area contributed by atoms with Gasteiger partial charge in [-0.2, -0.15) is 10.2 Å². The van der Waals surface area contributed by atoms with E-state index in [0.717, 1.165) is 24.2 Å². The molecule has 1 aromatic rings. The van der Waals surface area contributed by atoms with E-state index in [1.54, 1.807) is 0 Å². The molecule has 1 aromatic carbocycles. The van der Waals surface area contributed by atoms with Crippen molar-refractivity contribution in [2.45, 2.75) is 12.8 Å². The lowest BCUT2D eigenvalue weighted by Gasteiger charge is -2.03. The highest BCUT2D eigenvalue weighted by Gasteiger charge is 2.35. The minimum Gasteiger partial charge on any atom is -0.380 e. The maximum absolute atomic E-state index is 5.76. The molecule has 0 atom stereocenters. The molecule has 1 aliphatic carbocycles. The monoisotopic (exact) mass is 227 g/mol. The summed E-state index contributed by atoms with van der Waals surface area (Å²) in [6, 6.07) is 9.75. The fourth-order valence-electron chi connectivity index (χ4n) is 1.71. The van der Waals surface area contributed by atoms with Crippen LogP contribution in [0.2, 0.25) is 0 Å². The van der Waals surface area contributed by atoms with Gasteiger partial charge < -0.3 is 5.73 Å². The second-order valence-electron chi connectivity index (χ2n) is 4.18. The summed E-state index contributed by atoms with van der Waals surface area (Å²) in [4.78, 5) is 0. The number of hydrazone groups is 1. The number of para-hydroxylation sites is 1. The number of nitrogens with zero attached hydrogens (tertiary/aromatic N) is 3. The van der Waals surface area contributed by atoms with E-state index in [9.17, 15) is 0 Å². The molecule has 0 amide bonds. The Morgan fingerprint density at radius 1 is 1.18 bits per heavy atom. The van der Waals surface area contributed by atoms with Crippen LogP contribution >= 0.6 is 0 Å². The number of anilines is 1. The van der Waals surface area contributed by atoms with Crippen molar-refractivity contribution < 1.29 is 0 Å². The fraction of sp³-hybridized carbons (Fsp3) is 0.250. The first-order valence-electron chi connectivity index (χ1n) is 5.65. The number of nitrogens with two attached hydrogens (primary N) is 1. The van der Waals surface area contributed by atoms with Gasteiger partial charge >= 0.3 is 0 Å².